The summed E-state index contributed by atoms with van der Waals surface area (Å²) in [5, 5.41) is 19.6. The van der Waals surface area contributed by atoms with Crippen LogP contribution in [0.1, 0.15) is 30.5 Å². The number of aromatic nitrogens is 1. The van der Waals surface area contributed by atoms with E-state index in [4.69, 9.17) is 4.74 Å². The summed E-state index contributed by atoms with van der Waals surface area (Å²) in [4.78, 5) is 6.58. The van der Waals surface area contributed by atoms with Gasteiger partial charge in [0.15, 0.2) is 0 Å². The lowest BCUT2D eigenvalue weighted by Crippen LogP contribution is -2.34. The molecule has 0 saturated carbocycles. The summed E-state index contributed by atoms with van der Waals surface area (Å²) < 4.78 is 5.76. The van der Waals surface area contributed by atoms with Gasteiger partial charge in [-0.2, -0.15) is 0 Å². The molecule has 5 nitrogen and oxygen atoms in total. The number of ether oxygens (including phenoxy) is 1. The number of likely N-dealkylation sites (tertiary alicyclic amines) is 1. The van der Waals surface area contributed by atoms with Crippen molar-refractivity contribution in [1.82, 2.24) is 9.88 Å². The number of rotatable bonds is 6. The second kappa shape index (κ2) is 8.43. The maximum Gasteiger partial charge on any atom is 0.130 e. The van der Waals surface area contributed by atoms with E-state index in [0.717, 1.165) is 37.5 Å². The summed E-state index contributed by atoms with van der Waals surface area (Å²) in [6.07, 6.45) is 3.96. The first-order valence-electron chi connectivity index (χ1n) is 8.84. The van der Waals surface area contributed by atoms with Crippen LogP contribution in [0.15, 0.2) is 48.7 Å². The molecule has 1 aromatic carbocycles. The lowest BCUT2D eigenvalue weighted by Gasteiger charge is -2.24. The quantitative estimate of drug-likeness (QED) is 0.844. The van der Waals surface area contributed by atoms with E-state index in [2.05, 4.69) is 22.0 Å². The van der Waals surface area contributed by atoms with E-state index in [1.807, 2.05) is 30.3 Å². The van der Waals surface area contributed by atoms with E-state index < -0.39 is 5.60 Å². The third kappa shape index (κ3) is 5.26. The van der Waals surface area contributed by atoms with E-state index >= 15 is 0 Å². The smallest absolute Gasteiger partial charge is 0.130 e. The molecule has 0 spiro atoms. The first kappa shape index (κ1) is 17.9. The van der Waals surface area contributed by atoms with Gasteiger partial charge in [-0.05, 0) is 55.6 Å². The Hall–Kier alpha value is -1.95. The Morgan fingerprint density at radius 2 is 1.92 bits per heavy atom. The highest BCUT2D eigenvalue weighted by atomic mass is 16.5. The molecule has 1 aromatic heterocycles. The number of aliphatic hydroxyl groups excluding tert-OH is 1. The van der Waals surface area contributed by atoms with E-state index in [1.165, 1.54) is 5.56 Å². The zero-order valence-electron chi connectivity index (χ0n) is 14.5. The molecule has 1 atom stereocenters. The molecule has 25 heavy (non-hydrogen) atoms. The monoisotopic (exact) mass is 342 g/mol. The van der Waals surface area contributed by atoms with Crippen LogP contribution in [0.25, 0.3) is 0 Å². The van der Waals surface area contributed by atoms with Crippen LogP contribution in [0.5, 0.6) is 5.75 Å². The number of pyridine rings is 1. The Labute approximate surface area is 148 Å². The van der Waals surface area contributed by atoms with Gasteiger partial charge in [0, 0.05) is 19.3 Å². The van der Waals surface area contributed by atoms with Crippen LogP contribution in [0.4, 0.5) is 0 Å². The summed E-state index contributed by atoms with van der Waals surface area (Å²) in [5.74, 6) is 0.833. The highest BCUT2D eigenvalue weighted by molar-refractivity contribution is 5.27. The molecule has 2 heterocycles. The van der Waals surface area contributed by atoms with Crippen molar-refractivity contribution in [3.63, 3.8) is 0 Å². The maximum absolute atomic E-state index is 10.2. The van der Waals surface area contributed by atoms with Crippen molar-refractivity contribution in [2.75, 3.05) is 19.7 Å². The summed E-state index contributed by atoms with van der Waals surface area (Å²) in [7, 11) is 0. The van der Waals surface area contributed by atoms with Gasteiger partial charge in [-0.1, -0.05) is 18.2 Å². The lowest BCUT2D eigenvalue weighted by atomic mass is 9.96. The number of nitrogens with zero attached hydrogens (tertiary/aromatic N) is 2. The fourth-order valence-corrected chi connectivity index (χ4v) is 3.14. The topological polar surface area (TPSA) is 65.8 Å². The van der Waals surface area contributed by atoms with Crippen molar-refractivity contribution in [3.8, 4) is 5.75 Å². The Bertz CT molecular complexity index is 648. The van der Waals surface area contributed by atoms with Gasteiger partial charge >= 0.3 is 0 Å². The molecule has 1 saturated heterocycles. The van der Waals surface area contributed by atoms with Gasteiger partial charge in [0.25, 0.3) is 0 Å². The first-order chi connectivity index (χ1) is 12.2. The third-order valence-electron chi connectivity index (χ3n) is 4.75. The molecule has 1 aliphatic heterocycles. The van der Waals surface area contributed by atoms with Gasteiger partial charge in [-0.3, -0.25) is 9.88 Å². The van der Waals surface area contributed by atoms with Gasteiger partial charge in [-0.25, -0.2) is 0 Å². The van der Waals surface area contributed by atoms with Crippen LogP contribution in [0.3, 0.4) is 0 Å². The highest BCUT2D eigenvalue weighted by Gasteiger charge is 2.29. The average Bonchev–Trinajstić information content (AvgIpc) is 2.84. The van der Waals surface area contributed by atoms with Crippen LogP contribution >= 0.6 is 0 Å². The largest absolute Gasteiger partial charge is 0.487 e. The third-order valence-corrected chi connectivity index (χ3v) is 4.75. The molecular weight excluding hydrogens is 316 g/mol. The number of aliphatic hydroxyl groups is 2. The predicted octanol–water partition coefficient (Wildman–Crippen LogP) is 2.37. The minimum Gasteiger partial charge on any atom is -0.487 e. The molecule has 2 aromatic rings. The van der Waals surface area contributed by atoms with Gasteiger partial charge in [-0.15, -0.1) is 0 Å². The van der Waals surface area contributed by atoms with Crippen molar-refractivity contribution in [1.29, 1.82) is 0 Å². The van der Waals surface area contributed by atoms with E-state index in [-0.39, 0.29) is 6.61 Å². The van der Waals surface area contributed by atoms with Gasteiger partial charge < -0.3 is 14.9 Å². The number of hydrogen-bond donors (Lipinski definition) is 2. The summed E-state index contributed by atoms with van der Waals surface area (Å²) in [6, 6.07) is 13.9. The molecule has 0 amide bonds. The molecule has 2 N–H and O–H groups in total. The molecule has 0 radical (unpaired) electrons. The SMILES string of the molecule is OCC1(O)CCCN(Cc2ccc(OCc3ccccn3)cc2)CC1. The standard InChI is InChI=1S/C20H26N2O3/c23-16-20(24)9-3-12-22(13-10-20)14-17-5-7-19(8-6-17)25-15-18-4-1-2-11-21-18/h1-2,4-8,11,23-24H,3,9-10,12-16H2. The van der Waals surface area contributed by atoms with Gasteiger partial charge in [0.05, 0.1) is 17.9 Å². The number of benzene rings is 1. The predicted molar refractivity (Wildman–Crippen MR) is 96.2 cm³/mol. The zero-order valence-corrected chi connectivity index (χ0v) is 14.5. The Balaban J connectivity index is 1.50. The Morgan fingerprint density at radius 3 is 2.64 bits per heavy atom. The van der Waals surface area contributed by atoms with Gasteiger partial charge in [0.2, 0.25) is 0 Å². The molecule has 0 aliphatic carbocycles. The molecule has 3 rings (SSSR count). The highest BCUT2D eigenvalue weighted by Crippen LogP contribution is 2.23. The summed E-state index contributed by atoms with van der Waals surface area (Å²) in [6.45, 7) is 2.91. The molecule has 5 heteroatoms. The molecule has 0 bridgehead atoms. The average molecular weight is 342 g/mol. The van der Waals surface area contributed by atoms with E-state index in [9.17, 15) is 10.2 Å². The van der Waals surface area contributed by atoms with Crippen molar-refractivity contribution < 1.29 is 14.9 Å². The second-order valence-electron chi connectivity index (χ2n) is 6.77. The van der Waals surface area contributed by atoms with E-state index in [1.54, 1.807) is 6.20 Å². The summed E-state index contributed by atoms with van der Waals surface area (Å²) >= 11 is 0. The molecule has 1 unspecified atom stereocenters. The zero-order chi connectivity index (χ0) is 17.5. The van der Waals surface area contributed by atoms with Gasteiger partial charge in [0.1, 0.15) is 12.4 Å². The molecule has 1 aliphatic rings. The fraction of sp³-hybridized carbons (Fsp3) is 0.450. The minimum absolute atomic E-state index is 0.150. The summed E-state index contributed by atoms with van der Waals surface area (Å²) in [5.41, 5.74) is 1.23. The van der Waals surface area contributed by atoms with Crippen LogP contribution in [0.2, 0.25) is 0 Å². The van der Waals surface area contributed by atoms with Crippen molar-refractivity contribution >= 4 is 0 Å². The molecule has 1 fully saturated rings. The van der Waals surface area contributed by atoms with Crippen molar-refractivity contribution in [3.05, 3.63) is 59.9 Å². The number of hydrogen-bond acceptors (Lipinski definition) is 5. The van der Waals surface area contributed by atoms with Crippen molar-refractivity contribution in [2.45, 2.75) is 38.0 Å². The van der Waals surface area contributed by atoms with Crippen LogP contribution < -0.4 is 4.74 Å². The maximum atomic E-state index is 10.2. The normalized spacial score (nSPS) is 21.7. The molecular formula is C20H26N2O3. The van der Waals surface area contributed by atoms with Crippen LogP contribution in [-0.2, 0) is 13.2 Å². The first-order valence-corrected chi connectivity index (χ1v) is 8.84. The Kier molecular flexibility index (Phi) is 6.02. The molecule has 134 valence electrons. The van der Waals surface area contributed by atoms with E-state index in [0.29, 0.717) is 19.4 Å². The fourth-order valence-electron chi connectivity index (χ4n) is 3.14. The Morgan fingerprint density at radius 1 is 1.08 bits per heavy atom. The minimum atomic E-state index is -0.905. The van der Waals surface area contributed by atoms with Crippen LogP contribution in [0, 0.1) is 0 Å². The second-order valence-corrected chi connectivity index (χ2v) is 6.77. The van der Waals surface area contributed by atoms with Crippen molar-refractivity contribution in [2.24, 2.45) is 0 Å². The lowest BCUT2D eigenvalue weighted by molar-refractivity contribution is -0.0255. The van der Waals surface area contributed by atoms with Crippen LogP contribution in [-0.4, -0.2) is 45.4 Å².